The highest BCUT2D eigenvalue weighted by Crippen LogP contribution is 2.37. The van der Waals surface area contributed by atoms with Crippen molar-refractivity contribution in [3.63, 3.8) is 0 Å². The van der Waals surface area contributed by atoms with Crippen LogP contribution in [0.25, 0.3) is 0 Å². The van der Waals surface area contributed by atoms with Crippen LogP contribution >= 0.6 is 0 Å². The van der Waals surface area contributed by atoms with Gasteiger partial charge in [0.15, 0.2) is 0 Å². The zero-order chi connectivity index (χ0) is 13.2. The van der Waals surface area contributed by atoms with Gasteiger partial charge in [0.2, 0.25) is 5.95 Å². The highest BCUT2D eigenvalue weighted by atomic mass is 19.1. The third-order valence-electron chi connectivity index (χ3n) is 3.46. The summed E-state index contributed by atoms with van der Waals surface area (Å²) < 4.78 is 18.9. The molecule has 3 nitrogen and oxygen atoms in total. The fourth-order valence-electron chi connectivity index (χ4n) is 2.53. The van der Waals surface area contributed by atoms with Crippen LogP contribution in [-0.2, 0) is 0 Å². The summed E-state index contributed by atoms with van der Waals surface area (Å²) in [6.07, 6.45) is 3.04. The van der Waals surface area contributed by atoms with Crippen molar-refractivity contribution >= 4 is 0 Å². The van der Waals surface area contributed by atoms with Crippen LogP contribution in [0, 0.1) is 5.95 Å². The van der Waals surface area contributed by atoms with Crippen LogP contribution in [0.2, 0.25) is 0 Å². The van der Waals surface area contributed by atoms with Gasteiger partial charge in [0.1, 0.15) is 11.9 Å². The van der Waals surface area contributed by atoms with Gasteiger partial charge >= 0.3 is 0 Å². The molecule has 4 heteroatoms. The van der Waals surface area contributed by atoms with E-state index in [2.05, 4.69) is 4.98 Å². The van der Waals surface area contributed by atoms with Crippen LogP contribution in [0.3, 0.4) is 0 Å². The van der Waals surface area contributed by atoms with E-state index >= 15 is 0 Å². The molecule has 1 heterocycles. The van der Waals surface area contributed by atoms with Gasteiger partial charge < -0.3 is 10.5 Å². The summed E-state index contributed by atoms with van der Waals surface area (Å²) in [4.78, 5) is 3.52. The zero-order valence-electron chi connectivity index (χ0n) is 10.4. The van der Waals surface area contributed by atoms with Crippen molar-refractivity contribution < 1.29 is 9.13 Å². The van der Waals surface area contributed by atoms with Crippen LogP contribution in [0.1, 0.15) is 36.1 Å². The number of benzene rings is 1. The molecule has 0 fully saturated rings. The Bertz CT molecular complexity index is 588. The van der Waals surface area contributed by atoms with Crippen molar-refractivity contribution in [3.8, 4) is 5.75 Å². The summed E-state index contributed by atoms with van der Waals surface area (Å²) in [5.41, 5.74) is 8.32. The van der Waals surface area contributed by atoms with Gasteiger partial charge in [0, 0.05) is 18.3 Å². The van der Waals surface area contributed by atoms with Crippen molar-refractivity contribution in [2.75, 3.05) is 0 Å². The van der Waals surface area contributed by atoms with Gasteiger partial charge in [-0.15, -0.1) is 0 Å². The van der Waals surface area contributed by atoms with Gasteiger partial charge in [0.05, 0.1) is 0 Å². The minimum atomic E-state index is -0.529. The largest absolute Gasteiger partial charge is 0.486 e. The van der Waals surface area contributed by atoms with Crippen molar-refractivity contribution in [3.05, 3.63) is 59.7 Å². The first-order valence-electron chi connectivity index (χ1n) is 6.36. The molecule has 1 aromatic carbocycles. The first-order valence-corrected chi connectivity index (χ1v) is 6.36. The molecule has 2 atom stereocenters. The maximum absolute atomic E-state index is 13.1. The molecule has 1 aromatic heterocycles. The van der Waals surface area contributed by atoms with Gasteiger partial charge in [0.25, 0.3) is 0 Å². The Morgan fingerprint density at radius 3 is 2.74 bits per heavy atom. The summed E-state index contributed by atoms with van der Waals surface area (Å²) in [5, 5.41) is 0. The van der Waals surface area contributed by atoms with Crippen molar-refractivity contribution in [2.45, 2.75) is 25.0 Å². The number of rotatable bonds is 2. The van der Waals surface area contributed by atoms with Gasteiger partial charge in [-0.25, -0.2) is 4.98 Å². The summed E-state index contributed by atoms with van der Waals surface area (Å²) in [6.45, 7) is 0. The molecule has 2 aromatic rings. The Kier molecular flexibility index (Phi) is 3.17. The van der Waals surface area contributed by atoms with E-state index in [9.17, 15) is 4.39 Å². The Morgan fingerprint density at radius 2 is 1.95 bits per heavy atom. The number of ether oxygens (including phenoxy) is 1. The molecule has 2 unspecified atom stereocenters. The molecular weight excluding hydrogens is 243 g/mol. The molecule has 0 amide bonds. The standard InChI is InChI=1S/C15H15FN2O/c16-15-9-10(7-8-18-15)19-14-6-5-13(17)11-3-1-2-4-12(11)14/h1-4,7-9,13-14H,5-6,17H2. The average Bonchev–Trinajstić information content (AvgIpc) is 2.42. The summed E-state index contributed by atoms with van der Waals surface area (Å²) in [7, 11) is 0. The fourth-order valence-corrected chi connectivity index (χ4v) is 2.53. The molecule has 2 N–H and O–H groups in total. The van der Waals surface area contributed by atoms with Crippen LogP contribution in [0.5, 0.6) is 5.75 Å². The molecule has 0 radical (unpaired) electrons. The Morgan fingerprint density at radius 1 is 1.16 bits per heavy atom. The van der Waals surface area contributed by atoms with Crippen LogP contribution in [0.15, 0.2) is 42.6 Å². The lowest BCUT2D eigenvalue weighted by Gasteiger charge is -2.29. The van der Waals surface area contributed by atoms with Crippen molar-refractivity contribution in [1.29, 1.82) is 0 Å². The van der Waals surface area contributed by atoms with Crippen molar-refractivity contribution in [1.82, 2.24) is 4.98 Å². The molecule has 0 saturated carbocycles. The van der Waals surface area contributed by atoms with Crippen LogP contribution in [-0.4, -0.2) is 4.98 Å². The SMILES string of the molecule is NC1CCC(Oc2ccnc(F)c2)c2ccccc21. The summed E-state index contributed by atoms with van der Waals surface area (Å²) in [5.74, 6) is -0.0268. The van der Waals surface area contributed by atoms with E-state index in [-0.39, 0.29) is 12.1 Å². The molecule has 19 heavy (non-hydrogen) atoms. The van der Waals surface area contributed by atoms with Gasteiger partial charge in [-0.3, -0.25) is 0 Å². The Balaban J connectivity index is 1.89. The third kappa shape index (κ3) is 2.44. The number of hydrogen-bond donors (Lipinski definition) is 1. The number of aromatic nitrogens is 1. The minimum Gasteiger partial charge on any atom is -0.486 e. The Hall–Kier alpha value is -1.94. The third-order valence-corrected chi connectivity index (χ3v) is 3.46. The van der Waals surface area contributed by atoms with E-state index in [0.717, 1.165) is 24.0 Å². The molecule has 3 rings (SSSR count). The maximum atomic E-state index is 13.1. The lowest BCUT2D eigenvalue weighted by molar-refractivity contribution is 0.176. The van der Waals surface area contributed by atoms with Crippen LogP contribution < -0.4 is 10.5 Å². The number of halogens is 1. The smallest absolute Gasteiger partial charge is 0.216 e. The van der Waals surface area contributed by atoms with Crippen LogP contribution in [0.4, 0.5) is 4.39 Å². The van der Waals surface area contributed by atoms with E-state index in [0.29, 0.717) is 5.75 Å². The molecule has 98 valence electrons. The summed E-state index contributed by atoms with van der Waals surface area (Å²) in [6, 6.07) is 11.0. The fraction of sp³-hybridized carbons (Fsp3) is 0.267. The lowest BCUT2D eigenvalue weighted by atomic mass is 9.86. The molecule has 0 spiro atoms. The van der Waals surface area contributed by atoms with E-state index in [4.69, 9.17) is 10.5 Å². The lowest BCUT2D eigenvalue weighted by Crippen LogP contribution is -2.23. The van der Waals surface area contributed by atoms with Crippen molar-refractivity contribution in [2.24, 2.45) is 5.73 Å². The quantitative estimate of drug-likeness (QED) is 0.842. The topological polar surface area (TPSA) is 48.1 Å². The second-order valence-corrected chi connectivity index (χ2v) is 4.73. The van der Waals surface area contributed by atoms with E-state index in [1.54, 1.807) is 6.07 Å². The number of nitrogens with two attached hydrogens (primary N) is 1. The average molecular weight is 258 g/mol. The molecule has 1 aliphatic carbocycles. The summed E-state index contributed by atoms with van der Waals surface area (Å²) >= 11 is 0. The van der Waals surface area contributed by atoms with E-state index in [1.165, 1.54) is 12.3 Å². The predicted octanol–water partition coefficient (Wildman–Crippen LogP) is 3.13. The second kappa shape index (κ2) is 4.97. The Labute approximate surface area is 111 Å². The number of hydrogen-bond acceptors (Lipinski definition) is 3. The highest BCUT2D eigenvalue weighted by molar-refractivity contribution is 5.35. The monoisotopic (exact) mass is 258 g/mol. The predicted molar refractivity (Wildman–Crippen MR) is 70.2 cm³/mol. The maximum Gasteiger partial charge on any atom is 0.216 e. The normalized spacial score (nSPS) is 21.8. The first-order chi connectivity index (χ1) is 9.24. The number of nitrogens with zero attached hydrogens (tertiary/aromatic N) is 1. The number of pyridine rings is 1. The molecule has 0 bridgehead atoms. The molecule has 0 saturated heterocycles. The molecule has 1 aliphatic rings. The van der Waals surface area contributed by atoms with Gasteiger partial charge in [-0.05, 0) is 30.0 Å². The number of fused-ring (bicyclic) bond motifs is 1. The van der Waals surface area contributed by atoms with E-state index < -0.39 is 5.95 Å². The van der Waals surface area contributed by atoms with Gasteiger partial charge in [-0.2, -0.15) is 4.39 Å². The minimum absolute atomic E-state index is 0.0604. The van der Waals surface area contributed by atoms with E-state index in [1.807, 2.05) is 24.3 Å². The zero-order valence-corrected chi connectivity index (χ0v) is 10.4. The molecule has 0 aliphatic heterocycles. The second-order valence-electron chi connectivity index (χ2n) is 4.73. The van der Waals surface area contributed by atoms with Gasteiger partial charge in [-0.1, -0.05) is 24.3 Å². The highest BCUT2D eigenvalue weighted by Gasteiger charge is 2.26. The first kappa shape index (κ1) is 12.1. The molecular formula is C15H15FN2O.